The van der Waals surface area contributed by atoms with E-state index in [1.165, 1.54) is 70.6 Å². The molecule has 1 N–H and O–H groups in total. The van der Waals surface area contributed by atoms with E-state index >= 15 is 0 Å². The molecule has 0 fully saturated rings. The van der Waals surface area contributed by atoms with Crippen LogP contribution in [0, 0.1) is 0 Å². The lowest BCUT2D eigenvalue weighted by atomic mass is 10.0. The van der Waals surface area contributed by atoms with E-state index in [1.54, 1.807) is 0 Å². The van der Waals surface area contributed by atoms with Crippen molar-refractivity contribution in [2.75, 3.05) is 0 Å². The SMILES string of the molecule is CCC/C=C\CCCCCCCC(=O)OC(CCCCCCCC)CCCCCCCC(=O)O. The van der Waals surface area contributed by atoms with Gasteiger partial charge in [-0.05, 0) is 57.8 Å². The molecule has 0 aliphatic carbocycles. The highest BCUT2D eigenvalue weighted by molar-refractivity contribution is 5.69. The number of carboxylic acids is 1. The number of ether oxygens (including phenoxy) is 1. The van der Waals surface area contributed by atoms with E-state index in [9.17, 15) is 9.59 Å². The second-order valence-corrected chi connectivity index (χ2v) is 9.94. The number of carbonyl (C=O) groups excluding carboxylic acids is 1. The normalized spacial score (nSPS) is 12.3. The number of unbranched alkanes of at least 4 members (excludes halogenated alkanes) is 15. The summed E-state index contributed by atoms with van der Waals surface area (Å²) in [5.74, 6) is -0.717. The molecule has 0 rings (SSSR count). The molecule has 0 aromatic carbocycles. The standard InChI is InChI=1S/C30H56O4/c1-3-5-7-9-11-12-13-14-19-23-27-30(33)34-28(24-20-16-10-8-6-4-2)25-21-17-15-18-22-26-29(31)32/h7,9,28H,3-6,8,10-27H2,1-2H3,(H,31,32)/b9-7-. The first-order chi connectivity index (χ1) is 16.6. The minimum Gasteiger partial charge on any atom is -0.481 e. The van der Waals surface area contributed by atoms with Crippen LogP contribution in [0.5, 0.6) is 0 Å². The van der Waals surface area contributed by atoms with Gasteiger partial charge >= 0.3 is 11.9 Å². The number of hydrogen-bond donors (Lipinski definition) is 1. The van der Waals surface area contributed by atoms with Crippen molar-refractivity contribution >= 4 is 11.9 Å². The smallest absolute Gasteiger partial charge is 0.306 e. The molecule has 0 aliphatic heterocycles. The Labute approximate surface area is 211 Å². The van der Waals surface area contributed by atoms with Gasteiger partial charge in [0.15, 0.2) is 0 Å². The largest absolute Gasteiger partial charge is 0.481 e. The zero-order valence-corrected chi connectivity index (χ0v) is 22.7. The van der Waals surface area contributed by atoms with Gasteiger partial charge in [-0.2, -0.15) is 0 Å². The molecule has 0 radical (unpaired) electrons. The van der Waals surface area contributed by atoms with Crippen molar-refractivity contribution in [3.8, 4) is 0 Å². The number of esters is 1. The minimum atomic E-state index is -0.703. The molecule has 4 nitrogen and oxygen atoms in total. The van der Waals surface area contributed by atoms with Gasteiger partial charge in [-0.3, -0.25) is 9.59 Å². The third kappa shape index (κ3) is 25.3. The molecule has 1 unspecified atom stereocenters. The monoisotopic (exact) mass is 480 g/mol. The number of carbonyl (C=O) groups is 2. The Morgan fingerprint density at radius 1 is 0.618 bits per heavy atom. The lowest BCUT2D eigenvalue weighted by molar-refractivity contribution is -0.150. The number of aliphatic carboxylic acids is 1. The van der Waals surface area contributed by atoms with Gasteiger partial charge in [0.25, 0.3) is 0 Å². The van der Waals surface area contributed by atoms with Crippen LogP contribution in [0.3, 0.4) is 0 Å². The number of hydrogen-bond acceptors (Lipinski definition) is 3. The van der Waals surface area contributed by atoms with Gasteiger partial charge in [0, 0.05) is 12.8 Å². The van der Waals surface area contributed by atoms with E-state index in [2.05, 4.69) is 26.0 Å². The lowest BCUT2D eigenvalue weighted by Gasteiger charge is -2.18. The Kier molecular flexibility index (Phi) is 25.3. The van der Waals surface area contributed by atoms with Gasteiger partial charge in [-0.1, -0.05) is 103 Å². The fourth-order valence-corrected chi connectivity index (χ4v) is 4.30. The van der Waals surface area contributed by atoms with E-state index in [0.29, 0.717) is 6.42 Å². The minimum absolute atomic E-state index is 0.0139. The molecule has 0 aromatic rings. The van der Waals surface area contributed by atoms with Gasteiger partial charge < -0.3 is 9.84 Å². The first kappa shape index (κ1) is 32.7. The first-order valence-corrected chi connectivity index (χ1v) is 14.7. The second kappa shape index (κ2) is 26.3. The van der Waals surface area contributed by atoms with Gasteiger partial charge in [0.1, 0.15) is 6.10 Å². The number of rotatable bonds is 26. The van der Waals surface area contributed by atoms with Crippen molar-refractivity contribution in [3.05, 3.63) is 12.2 Å². The first-order valence-electron chi connectivity index (χ1n) is 14.7. The predicted octanol–water partition coefficient (Wildman–Crippen LogP) is 9.55. The number of carboxylic acid groups (broad SMARTS) is 1. The molecule has 0 heterocycles. The van der Waals surface area contributed by atoms with Gasteiger partial charge in [0.05, 0.1) is 0 Å². The Morgan fingerprint density at radius 2 is 1.12 bits per heavy atom. The molecular weight excluding hydrogens is 424 g/mol. The maximum absolute atomic E-state index is 12.4. The summed E-state index contributed by atoms with van der Waals surface area (Å²) in [6.45, 7) is 4.45. The van der Waals surface area contributed by atoms with Crippen LogP contribution >= 0.6 is 0 Å². The van der Waals surface area contributed by atoms with Crippen LogP contribution in [-0.4, -0.2) is 23.1 Å². The highest BCUT2D eigenvalue weighted by Gasteiger charge is 2.14. The predicted molar refractivity (Wildman–Crippen MR) is 144 cm³/mol. The summed E-state index contributed by atoms with van der Waals surface area (Å²) >= 11 is 0. The molecular formula is C30H56O4. The average Bonchev–Trinajstić information content (AvgIpc) is 2.81. The molecule has 0 bridgehead atoms. The zero-order chi connectivity index (χ0) is 25.1. The van der Waals surface area contributed by atoms with Crippen molar-refractivity contribution < 1.29 is 19.4 Å². The van der Waals surface area contributed by atoms with Crippen molar-refractivity contribution in [3.63, 3.8) is 0 Å². The van der Waals surface area contributed by atoms with Crippen LogP contribution in [0.4, 0.5) is 0 Å². The summed E-state index contributed by atoms with van der Waals surface area (Å²) in [5, 5.41) is 8.72. The summed E-state index contributed by atoms with van der Waals surface area (Å²) in [6.07, 6.45) is 29.3. The maximum atomic E-state index is 12.4. The fourth-order valence-electron chi connectivity index (χ4n) is 4.30. The Morgan fingerprint density at radius 3 is 1.71 bits per heavy atom. The summed E-state index contributed by atoms with van der Waals surface area (Å²) in [7, 11) is 0. The third-order valence-corrected chi connectivity index (χ3v) is 6.47. The van der Waals surface area contributed by atoms with E-state index in [0.717, 1.165) is 64.2 Å². The molecule has 0 amide bonds. The van der Waals surface area contributed by atoms with Crippen LogP contribution < -0.4 is 0 Å². The molecule has 200 valence electrons. The third-order valence-electron chi connectivity index (χ3n) is 6.47. The molecule has 1 atom stereocenters. The van der Waals surface area contributed by atoms with Crippen LogP contribution in [-0.2, 0) is 14.3 Å². The average molecular weight is 481 g/mol. The summed E-state index contributed by atoms with van der Waals surface area (Å²) in [6, 6.07) is 0. The highest BCUT2D eigenvalue weighted by Crippen LogP contribution is 2.18. The Balaban J connectivity index is 4.02. The maximum Gasteiger partial charge on any atom is 0.306 e. The summed E-state index contributed by atoms with van der Waals surface area (Å²) < 4.78 is 5.89. The van der Waals surface area contributed by atoms with Crippen LogP contribution in [0.2, 0.25) is 0 Å². The van der Waals surface area contributed by atoms with Crippen LogP contribution in [0.15, 0.2) is 12.2 Å². The van der Waals surface area contributed by atoms with Crippen LogP contribution in [0.25, 0.3) is 0 Å². The Bertz CT molecular complexity index is 486. The van der Waals surface area contributed by atoms with Gasteiger partial charge in [-0.25, -0.2) is 0 Å². The number of allylic oxidation sites excluding steroid dienone is 2. The highest BCUT2D eigenvalue weighted by atomic mass is 16.5. The topological polar surface area (TPSA) is 63.6 Å². The lowest BCUT2D eigenvalue weighted by Crippen LogP contribution is -2.18. The molecule has 0 spiro atoms. The van der Waals surface area contributed by atoms with Gasteiger partial charge in [-0.15, -0.1) is 0 Å². The van der Waals surface area contributed by atoms with Crippen LogP contribution in [0.1, 0.15) is 162 Å². The van der Waals surface area contributed by atoms with E-state index in [4.69, 9.17) is 9.84 Å². The molecule has 4 heteroatoms. The van der Waals surface area contributed by atoms with Crippen molar-refractivity contribution in [2.24, 2.45) is 0 Å². The van der Waals surface area contributed by atoms with E-state index in [-0.39, 0.29) is 18.5 Å². The summed E-state index contributed by atoms with van der Waals surface area (Å²) in [5.41, 5.74) is 0. The Hall–Kier alpha value is -1.32. The molecule has 34 heavy (non-hydrogen) atoms. The second-order valence-electron chi connectivity index (χ2n) is 9.94. The zero-order valence-electron chi connectivity index (χ0n) is 22.7. The fraction of sp³-hybridized carbons (Fsp3) is 0.867. The molecule has 0 saturated heterocycles. The molecule has 0 aromatic heterocycles. The van der Waals surface area contributed by atoms with Crippen molar-refractivity contribution in [1.82, 2.24) is 0 Å². The van der Waals surface area contributed by atoms with Crippen molar-refractivity contribution in [2.45, 2.75) is 168 Å². The van der Waals surface area contributed by atoms with Crippen molar-refractivity contribution in [1.29, 1.82) is 0 Å². The van der Waals surface area contributed by atoms with E-state index < -0.39 is 5.97 Å². The molecule has 0 saturated carbocycles. The quantitative estimate of drug-likeness (QED) is 0.0760. The summed E-state index contributed by atoms with van der Waals surface area (Å²) in [4.78, 5) is 23.0. The van der Waals surface area contributed by atoms with Gasteiger partial charge in [0.2, 0.25) is 0 Å². The molecule has 0 aliphatic rings. The van der Waals surface area contributed by atoms with E-state index in [1.807, 2.05) is 0 Å².